The average Bonchev–Trinajstić information content (AvgIpc) is 2.45. The quantitative estimate of drug-likeness (QED) is 0.472. The molecule has 21 heavy (non-hydrogen) atoms. The number of rotatable bonds is 5. The molecule has 0 bridgehead atoms. The van der Waals surface area contributed by atoms with E-state index in [1.54, 1.807) is 0 Å². The van der Waals surface area contributed by atoms with Crippen LogP contribution in [0.5, 0.6) is 5.75 Å². The molecule has 0 heterocycles. The predicted octanol–water partition coefficient (Wildman–Crippen LogP) is 4.19. The van der Waals surface area contributed by atoms with Gasteiger partial charge in [-0.1, -0.05) is 0 Å². The molecular formula is C14H10ClF2NO3. The summed E-state index contributed by atoms with van der Waals surface area (Å²) in [4.78, 5) is 9.71. The first kappa shape index (κ1) is 15.2. The Labute approximate surface area is 124 Å². The number of nitro benzene ring substituents is 1. The third-order valence-electron chi connectivity index (χ3n) is 2.77. The summed E-state index contributed by atoms with van der Waals surface area (Å²) in [5, 5.41) is 10.5. The van der Waals surface area contributed by atoms with Crippen LogP contribution in [0.1, 0.15) is 11.1 Å². The third kappa shape index (κ3) is 3.66. The van der Waals surface area contributed by atoms with Crippen LogP contribution in [0.3, 0.4) is 0 Å². The fourth-order valence-corrected chi connectivity index (χ4v) is 1.95. The first-order valence-electron chi connectivity index (χ1n) is 5.91. The molecule has 0 aliphatic heterocycles. The van der Waals surface area contributed by atoms with Crippen molar-refractivity contribution in [2.24, 2.45) is 0 Å². The van der Waals surface area contributed by atoms with Crippen molar-refractivity contribution in [1.82, 2.24) is 0 Å². The molecule has 0 saturated carbocycles. The normalized spacial score (nSPS) is 10.4. The van der Waals surface area contributed by atoms with Gasteiger partial charge in [-0.25, -0.2) is 4.39 Å². The summed E-state index contributed by atoms with van der Waals surface area (Å²) in [6, 6.07) is 7.39. The van der Waals surface area contributed by atoms with Crippen LogP contribution in [0.4, 0.5) is 14.5 Å². The van der Waals surface area contributed by atoms with Gasteiger partial charge in [-0.2, -0.15) is 4.39 Å². The summed E-state index contributed by atoms with van der Waals surface area (Å²) in [7, 11) is 0. The van der Waals surface area contributed by atoms with E-state index in [1.165, 1.54) is 24.3 Å². The summed E-state index contributed by atoms with van der Waals surface area (Å²) in [6.45, 7) is -0.00949. The smallest absolute Gasteiger partial charge is 0.304 e. The number of ether oxygens (including phenoxy) is 1. The number of halogens is 3. The number of alkyl halides is 1. The van der Waals surface area contributed by atoms with Crippen molar-refractivity contribution in [1.29, 1.82) is 0 Å². The van der Waals surface area contributed by atoms with Gasteiger partial charge in [0.2, 0.25) is 5.82 Å². The van der Waals surface area contributed by atoms with Gasteiger partial charge in [-0.3, -0.25) is 10.1 Å². The first-order chi connectivity index (χ1) is 10.0. The van der Waals surface area contributed by atoms with Crippen molar-refractivity contribution in [3.05, 3.63) is 69.3 Å². The molecule has 0 N–H and O–H groups in total. The maximum absolute atomic E-state index is 13.5. The molecule has 0 spiro atoms. The highest BCUT2D eigenvalue weighted by Gasteiger charge is 2.14. The summed E-state index contributed by atoms with van der Waals surface area (Å²) < 4.78 is 31.9. The highest BCUT2D eigenvalue weighted by molar-refractivity contribution is 6.17. The van der Waals surface area contributed by atoms with Gasteiger partial charge >= 0.3 is 5.69 Å². The van der Waals surface area contributed by atoms with Gasteiger partial charge in [-0.15, -0.1) is 11.6 Å². The Bertz CT molecular complexity index is 679. The van der Waals surface area contributed by atoms with E-state index in [9.17, 15) is 18.9 Å². The molecule has 2 aromatic rings. The fraction of sp³-hybridized carbons (Fsp3) is 0.143. The lowest BCUT2D eigenvalue weighted by molar-refractivity contribution is -0.387. The maximum Gasteiger partial charge on any atom is 0.304 e. The zero-order valence-corrected chi connectivity index (χ0v) is 11.4. The number of nitro groups is 1. The van der Waals surface area contributed by atoms with Crippen LogP contribution in [-0.4, -0.2) is 4.92 Å². The summed E-state index contributed by atoms with van der Waals surface area (Å²) in [5.41, 5.74) is 0.295. The van der Waals surface area contributed by atoms with E-state index in [-0.39, 0.29) is 12.5 Å². The van der Waals surface area contributed by atoms with Gasteiger partial charge in [0.1, 0.15) is 18.2 Å². The van der Waals surface area contributed by atoms with Crippen molar-refractivity contribution >= 4 is 17.3 Å². The Hall–Kier alpha value is -2.21. The molecule has 0 aliphatic carbocycles. The second-order valence-electron chi connectivity index (χ2n) is 4.22. The van der Waals surface area contributed by atoms with Crippen molar-refractivity contribution in [2.45, 2.75) is 12.5 Å². The molecule has 0 unspecified atom stereocenters. The van der Waals surface area contributed by atoms with E-state index >= 15 is 0 Å². The second kappa shape index (κ2) is 6.49. The minimum absolute atomic E-state index is 0.00949. The molecule has 0 fully saturated rings. The molecule has 4 nitrogen and oxygen atoms in total. The predicted molar refractivity (Wildman–Crippen MR) is 73.3 cm³/mol. The largest absolute Gasteiger partial charge is 0.489 e. The number of hydrogen-bond acceptors (Lipinski definition) is 3. The molecule has 7 heteroatoms. The third-order valence-corrected chi connectivity index (χ3v) is 3.06. The SMILES string of the molecule is O=[N+]([O-])c1ccc(COc2ccc(F)cc2CCl)cc1F. The Morgan fingerprint density at radius 1 is 1.19 bits per heavy atom. The van der Waals surface area contributed by atoms with E-state index < -0.39 is 22.2 Å². The average molecular weight is 314 g/mol. The van der Waals surface area contributed by atoms with Gasteiger partial charge in [0.05, 0.1) is 10.8 Å². The monoisotopic (exact) mass is 313 g/mol. The van der Waals surface area contributed by atoms with Gasteiger partial charge in [0.25, 0.3) is 0 Å². The molecule has 2 aromatic carbocycles. The van der Waals surface area contributed by atoms with Crippen LogP contribution in [-0.2, 0) is 12.5 Å². The Morgan fingerprint density at radius 3 is 2.57 bits per heavy atom. The van der Waals surface area contributed by atoms with Crippen LogP contribution < -0.4 is 4.74 Å². The number of benzene rings is 2. The van der Waals surface area contributed by atoms with E-state index in [0.717, 1.165) is 12.1 Å². The second-order valence-corrected chi connectivity index (χ2v) is 4.48. The molecule has 2 rings (SSSR count). The van der Waals surface area contributed by atoms with Gasteiger partial charge < -0.3 is 4.74 Å². The standard InChI is InChI=1S/C14H10ClF2NO3/c15-7-10-6-11(16)2-4-14(10)21-8-9-1-3-13(18(19)20)12(17)5-9/h1-6H,7-8H2. The van der Waals surface area contributed by atoms with Crippen molar-refractivity contribution in [3.8, 4) is 5.75 Å². The van der Waals surface area contributed by atoms with E-state index in [2.05, 4.69) is 0 Å². The highest BCUT2D eigenvalue weighted by Crippen LogP contribution is 2.24. The van der Waals surface area contributed by atoms with Crippen molar-refractivity contribution in [3.63, 3.8) is 0 Å². The molecular weight excluding hydrogens is 304 g/mol. The number of nitrogens with zero attached hydrogens (tertiary/aromatic N) is 1. The van der Waals surface area contributed by atoms with Crippen LogP contribution in [0.25, 0.3) is 0 Å². The summed E-state index contributed by atoms with van der Waals surface area (Å²) in [5.74, 6) is -0.913. The molecule has 0 saturated heterocycles. The number of hydrogen-bond donors (Lipinski definition) is 0. The van der Waals surface area contributed by atoms with Crippen LogP contribution in [0.2, 0.25) is 0 Å². The molecule has 0 amide bonds. The van der Waals surface area contributed by atoms with Crippen molar-refractivity contribution in [2.75, 3.05) is 0 Å². The van der Waals surface area contributed by atoms with Crippen molar-refractivity contribution < 1.29 is 18.4 Å². The Morgan fingerprint density at radius 2 is 1.95 bits per heavy atom. The van der Waals surface area contributed by atoms with E-state index in [1.807, 2.05) is 0 Å². The molecule has 0 atom stereocenters. The minimum Gasteiger partial charge on any atom is -0.489 e. The summed E-state index contributed by atoms with van der Waals surface area (Å²) in [6.07, 6.45) is 0. The molecule has 0 radical (unpaired) electrons. The Balaban J connectivity index is 2.13. The van der Waals surface area contributed by atoms with E-state index in [4.69, 9.17) is 16.3 Å². The fourth-order valence-electron chi connectivity index (χ4n) is 1.74. The topological polar surface area (TPSA) is 52.4 Å². The highest BCUT2D eigenvalue weighted by atomic mass is 35.5. The van der Waals surface area contributed by atoms with Crippen LogP contribution in [0.15, 0.2) is 36.4 Å². The molecule has 0 aliphatic rings. The molecule has 110 valence electrons. The zero-order valence-electron chi connectivity index (χ0n) is 10.7. The summed E-state index contributed by atoms with van der Waals surface area (Å²) >= 11 is 5.69. The van der Waals surface area contributed by atoms with Gasteiger partial charge in [0.15, 0.2) is 0 Å². The van der Waals surface area contributed by atoms with E-state index in [0.29, 0.717) is 16.9 Å². The zero-order chi connectivity index (χ0) is 15.4. The Kier molecular flexibility index (Phi) is 4.70. The van der Waals surface area contributed by atoms with Crippen LogP contribution >= 0.6 is 11.6 Å². The minimum atomic E-state index is -0.933. The lowest BCUT2D eigenvalue weighted by atomic mass is 10.2. The maximum atomic E-state index is 13.5. The lowest BCUT2D eigenvalue weighted by Gasteiger charge is -2.10. The molecule has 0 aromatic heterocycles. The van der Waals surface area contributed by atoms with Gasteiger partial charge in [-0.05, 0) is 35.9 Å². The van der Waals surface area contributed by atoms with Gasteiger partial charge in [0, 0.05) is 11.6 Å². The first-order valence-corrected chi connectivity index (χ1v) is 6.44. The lowest BCUT2D eigenvalue weighted by Crippen LogP contribution is -2.00. The van der Waals surface area contributed by atoms with Crippen LogP contribution in [0, 0.1) is 21.7 Å².